The van der Waals surface area contributed by atoms with Crippen molar-refractivity contribution >= 4 is 5.97 Å². The lowest BCUT2D eigenvalue weighted by Crippen LogP contribution is -2.02. The molecule has 0 bridgehead atoms. The first kappa shape index (κ1) is 14.1. The monoisotopic (exact) mass is 274 g/mol. The summed E-state index contributed by atoms with van der Waals surface area (Å²) in [6, 6.07) is 11.4. The number of methoxy groups -OCH3 is 1. The van der Waals surface area contributed by atoms with E-state index < -0.39 is 0 Å². The van der Waals surface area contributed by atoms with Crippen molar-refractivity contribution in [3.8, 4) is 5.75 Å². The van der Waals surface area contributed by atoms with Gasteiger partial charge in [0.2, 0.25) is 0 Å². The average molecular weight is 274 g/mol. The Hall–Kier alpha value is -2.36. The van der Waals surface area contributed by atoms with Crippen LogP contribution >= 0.6 is 0 Å². The number of halogens is 1. The normalized spacial score (nSPS) is 10.2. The highest BCUT2D eigenvalue weighted by Gasteiger charge is 2.05. The van der Waals surface area contributed by atoms with E-state index in [1.54, 1.807) is 37.3 Å². The lowest BCUT2D eigenvalue weighted by atomic mass is 10.1. The minimum absolute atomic E-state index is 0.280. The van der Waals surface area contributed by atoms with Gasteiger partial charge in [-0.15, -0.1) is 0 Å². The molecule has 20 heavy (non-hydrogen) atoms. The van der Waals surface area contributed by atoms with Crippen molar-refractivity contribution in [2.45, 2.75) is 13.5 Å². The Kier molecular flexibility index (Phi) is 4.35. The van der Waals surface area contributed by atoms with E-state index in [2.05, 4.69) is 4.74 Å². The number of carbonyl (C=O) groups is 1. The van der Waals surface area contributed by atoms with Gasteiger partial charge in [-0.25, -0.2) is 9.18 Å². The van der Waals surface area contributed by atoms with Gasteiger partial charge in [0.25, 0.3) is 0 Å². The van der Waals surface area contributed by atoms with Crippen molar-refractivity contribution in [3.63, 3.8) is 0 Å². The molecule has 0 aliphatic heterocycles. The fourth-order valence-corrected chi connectivity index (χ4v) is 1.79. The molecule has 0 N–H and O–H groups in total. The molecule has 0 radical (unpaired) electrons. The summed E-state index contributed by atoms with van der Waals surface area (Å²) < 4.78 is 23.2. The van der Waals surface area contributed by atoms with Gasteiger partial charge in [-0.1, -0.05) is 12.1 Å². The van der Waals surface area contributed by atoms with Gasteiger partial charge in [-0.05, 0) is 48.4 Å². The highest BCUT2D eigenvalue weighted by Crippen LogP contribution is 2.19. The van der Waals surface area contributed by atoms with Crippen molar-refractivity contribution in [2.24, 2.45) is 0 Å². The molecule has 0 heterocycles. The number of hydrogen-bond donors (Lipinski definition) is 0. The Bertz CT molecular complexity index is 606. The molecule has 0 saturated heterocycles. The number of rotatable bonds is 4. The summed E-state index contributed by atoms with van der Waals surface area (Å²) in [4.78, 5) is 11.3. The zero-order valence-corrected chi connectivity index (χ0v) is 11.4. The summed E-state index contributed by atoms with van der Waals surface area (Å²) in [5, 5.41) is 0. The Balaban J connectivity index is 2.02. The molecule has 0 aliphatic carbocycles. The summed E-state index contributed by atoms with van der Waals surface area (Å²) >= 11 is 0. The van der Waals surface area contributed by atoms with Gasteiger partial charge in [0.15, 0.2) is 0 Å². The summed E-state index contributed by atoms with van der Waals surface area (Å²) in [7, 11) is 1.34. The van der Waals surface area contributed by atoms with Crippen molar-refractivity contribution in [1.29, 1.82) is 0 Å². The Morgan fingerprint density at radius 3 is 2.45 bits per heavy atom. The van der Waals surface area contributed by atoms with Gasteiger partial charge >= 0.3 is 5.97 Å². The van der Waals surface area contributed by atoms with Crippen LogP contribution in [0.3, 0.4) is 0 Å². The lowest BCUT2D eigenvalue weighted by molar-refractivity contribution is 0.0600. The molecule has 0 fully saturated rings. The SMILES string of the molecule is COC(=O)c1ccc(COc2ccc(F)cc2C)cc1. The topological polar surface area (TPSA) is 35.5 Å². The molecule has 4 heteroatoms. The maximum Gasteiger partial charge on any atom is 0.337 e. The molecular weight excluding hydrogens is 259 g/mol. The van der Waals surface area contributed by atoms with E-state index >= 15 is 0 Å². The van der Waals surface area contributed by atoms with Gasteiger partial charge in [-0.2, -0.15) is 0 Å². The third kappa shape index (κ3) is 3.35. The largest absolute Gasteiger partial charge is 0.489 e. The maximum absolute atomic E-state index is 13.0. The Morgan fingerprint density at radius 2 is 1.85 bits per heavy atom. The van der Waals surface area contributed by atoms with Gasteiger partial charge in [0.05, 0.1) is 12.7 Å². The number of ether oxygens (including phenoxy) is 2. The second kappa shape index (κ2) is 6.19. The highest BCUT2D eigenvalue weighted by molar-refractivity contribution is 5.89. The average Bonchev–Trinajstić information content (AvgIpc) is 2.46. The van der Waals surface area contributed by atoms with Crippen LogP contribution in [0.25, 0.3) is 0 Å². The predicted molar refractivity (Wildman–Crippen MR) is 73.3 cm³/mol. The van der Waals surface area contributed by atoms with Gasteiger partial charge in [0, 0.05) is 0 Å². The van der Waals surface area contributed by atoms with E-state index in [1.165, 1.54) is 19.2 Å². The standard InChI is InChI=1S/C16H15FO3/c1-11-9-14(17)7-8-15(11)20-10-12-3-5-13(6-4-12)16(18)19-2/h3-9H,10H2,1-2H3. The molecule has 2 rings (SSSR count). The summed E-state index contributed by atoms with van der Waals surface area (Å²) in [6.45, 7) is 2.15. The highest BCUT2D eigenvalue weighted by atomic mass is 19.1. The first-order valence-corrected chi connectivity index (χ1v) is 6.16. The molecule has 0 unspecified atom stereocenters. The van der Waals surface area contributed by atoms with Crippen molar-refractivity contribution in [3.05, 3.63) is 65.0 Å². The molecule has 0 saturated carbocycles. The first-order chi connectivity index (χ1) is 9.60. The van der Waals surface area contributed by atoms with Gasteiger partial charge in [0.1, 0.15) is 18.2 Å². The van der Waals surface area contributed by atoms with Crippen LogP contribution in [-0.4, -0.2) is 13.1 Å². The molecule has 104 valence electrons. The van der Waals surface area contributed by atoms with Crippen LogP contribution in [0.1, 0.15) is 21.5 Å². The third-order valence-corrected chi connectivity index (χ3v) is 2.91. The van der Waals surface area contributed by atoms with Crippen LogP contribution in [0.2, 0.25) is 0 Å². The van der Waals surface area contributed by atoms with Crippen LogP contribution in [0.5, 0.6) is 5.75 Å². The minimum Gasteiger partial charge on any atom is -0.489 e. The van der Waals surface area contributed by atoms with Crippen molar-refractivity contribution in [2.75, 3.05) is 7.11 Å². The second-order valence-electron chi connectivity index (χ2n) is 4.39. The molecule has 0 aliphatic rings. The molecule has 0 atom stereocenters. The minimum atomic E-state index is -0.369. The molecule has 2 aromatic carbocycles. The fraction of sp³-hybridized carbons (Fsp3) is 0.188. The summed E-state index contributed by atoms with van der Waals surface area (Å²) in [5.41, 5.74) is 2.16. The van der Waals surface area contributed by atoms with Crippen molar-refractivity contribution in [1.82, 2.24) is 0 Å². The summed E-state index contributed by atoms with van der Waals surface area (Å²) in [5.74, 6) is -0.00688. The van der Waals surface area contributed by atoms with E-state index in [1.807, 2.05) is 0 Å². The smallest absolute Gasteiger partial charge is 0.337 e. The molecular formula is C16H15FO3. The zero-order valence-electron chi connectivity index (χ0n) is 11.4. The Labute approximate surface area is 117 Å². The molecule has 0 amide bonds. The first-order valence-electron chi connectivity index (χ1n) is 6.16. The number of aryl methyl sites for hydroxylation is 1. The lowest BCUT2D eigenvalue weighted by Gasteiger charge is -2.09. The van der Waals surface area contributed by atoms with Crippen LogP contribution < -0.4 is 4.74 Å². The predicted octanol–water partition coefficient (Wildman–Crippen LogP) is 3.50. The molecule has 0 spiro atoms. The number of esters is 1. The third-order valence-electron chi connectivity index (χ3n) is 2.91. The Morgan fingerprint density at radius 1 is 1.15 bits per heavy atom. The second-order valence-corrected chi connectivity index (χ2v) is 4.39. The number of carbonyl (C=O) groups excluding carboxylic acids is 1. The van der Waals surface area contributed by atoms with E-state index in [9.17, 15) is 9.18 Å². The van der Waals surface area contributed by atoms with Gasteiger partial charge < -0.3 is 9.47 Å². The van der Waals surface area contributed by atoms with E-state index in [0.717, 1.165) is 11.1 Å². The molecule has 0 aromatic heterocycles. The van der Waals surface area contributed by atoms with Crippen LogP contribution in [-0.2, 0) is 11.3 Å². The fourth-order valence-electron chi connectivity index (χ4n) is 1.79. The maximum atomic E-state index is 13.0. The molecule has 3 nitrogen and oxygen atoms in total. The van der Waals surface area contributed by atoms with Crippen LogP contribution in [0.15, 0.2) is 42.5 Å². The quantitative estimate of drug-likeness (QED) is 0.800. The van der Waals surface area contributed by atoms with Crippen LogP contribution in [0.4, 0.5) is 4.39 Å². The van der Waals surface area contributed by atoms with E-state index in [4.69, 9.17) is 4.74 Å². The summed E-state index contributed by atoms with van der Waals surface area (Å²) in [6.07, 6.45) is 0. The zero-order chi connectivity index (χ0) is 14.5. The molecule has 2 aromatic rings. The van der Waals surface area contributed by atoms with E-state index in [-0.39, 0.29) is 11.8 Å². The van der Waals surface area contributed by atoms with E-state index in [0.29, 0.717) is 17.9 Å². The van der Waals surface area contributed by atoms with Crippen LogP contribution in [0, 0.1) is 12.7 Å². The van der Waals surface area contributed by atoms with Crippen molar-refractivity contribution < 1.29 is 18.7 Å². The number of hydrogen-bond acceptors (Lipinski definition) is 3. The van der Waals surface area contributed by atoms with Gasteiger partial charge in [-0.3, -0.25) is 0 Å². The number of benzene rings is 2.